The average molecular weight is 360 g/mol. The van der Waals surface area contributed by atoms with E-state index in [1.54, 1.807) is 18.3 Å². The van der Waals surface area contributed by atoms with Crippen LogP contribution >= 0.6 is 0 Å². The summed E-state index contributed by atoms with van der Waals surface area (Å²) >= 11 is 0. The van der Waals surface area contributed by atoms with Gasteiger partial charge in [0.15, 0.2) is 0 Å². The highest BCUT2D eigenvalue weighted by Crippen LogP contribution is 2.36. The number of carbonyl (C=O) groups is 1. The first-order chi connectivity index (χ1) is 13.2. The molecule has 0 saturated carbocycles. The topological polar surface area (TPSA) is 70.2 Å². The van der Waals surface area contributed by atoms with Crippen LogP contribution in [0.3, 0.4) is 0 Å². The number of hydrogen-bond acceptors (Lipinski definition) is 3. The van der Waals surface area contributed by atoms with Crippen molar-refractivity contribution in [1.29, 1.82) is 0 Å². The molecule has 0 bridgehead atoms. The van der Waals surface area contributed by atoms with Crippen molar-refractivity contribution >= 4 is 29.1 Å². The van der Waals surface area contributed by atoms with Crippen molar-refractivity contribution in [2.45, 2.75) is 6.42 Å². The first-order valence-corrected chi connectivity index (χ1v) is 8.77. The number of H-pyrrole nitrogens is 1. The third-order valence-corrected chi connectivity index (χ3v) is 4.50. The molecule has 2 aromatic carbocycles. The van der Waals surface area contributed by atoms with Crippen LogP contribution in [0.5, 0.6) is 5.75 Å². The minimum Gasteiger partial charge on any atom is -0.493 e. The van der Waals surface area contributed by atoms with Crippen molar-refractivity contribution in [2.75, 3.05) is 23.9 Å². The molecule has 0 unspecified atom stereocenters. The Morgan fingerprint density at radius 2 is 2.11 bits per heavy atom. The molecule has 136 valence electrons. The van der Waals surface area contributed by atoms with Gasteiger partial charge in [-0.2, -0.15) is 0 Å². The Bertz CT molecular complexity index is 965. The normalized spacial score (nSPS) is 14.3. The van der Waals surface area contributed by atoms with Gasteiger partial charge in [0.2, 0.25) is 0 Å². The predicted molar refractivity (Wildman–Crippen MR) is 107 cm³/mol. The monoisotopic (exact) mass is 360 g/mol. The first kappa shape index (κ1) is 16.9. The highest BCUT2D eigenvalue weighted by atomic mass is 16.5. The Hall–Kier alpha value is -3.54. The number of amides is 2. The fraction of sp³-hybridized carbons (Fsp3) is 0.143. The Morgan fingerprint density at radius 1 is 1.26 bits per heavy atom. The zero-order valence-corrected chi connectivity index (χ0v) is 15.0. The molecule has 2 heterocycles. The highest BCUT2D eigenvalue weighted by molar-refractivity contribution is 6.01. The molecule has 0 fully saturated rings. The molecule has 2 amide bonds. The highest BCUT2D eigenvalue weighted by Gasteiger charge is 2.19. The van der Waals surface area contributed by atoms with Gasteiger partial charge < -0.3 is 15.0 Å². The number of aromatic amines is 1. The fourth-order valence-electron chi connectivity index (χ4n) is 3.03. The SMILES string of the molecule is CN(C(=O)Nc1ccccc1)c1ccc2c(c1)/C(=C/c1c[nH]cn1)CCO2. The predicted octanol–water partition coefficient (Wildman–Crippen LogP) is 4.40. The number of rotatable bonds is 3. The van der Waals surface area contributed by atoms with Crippen LogP contribution in [-0.4, -0.2) is 29.7 Å². The van der Waals surface area contributed by atoms with Crippen LogP contribution in [-0.2, 0) is 0 Å². The number of urea groups is 1. The maximum atomic E-state index is 12.6. The number of aromatic nitrogens is 2. The van der Waals surface area contributed by atoms with Crippen molar-refractivity contribution < 1.29 is 9.53 Å². The van der Waals surface area contributed by atoms with E-state index in [1.165, 1.54) is 0 Å². The van der Waals surface area contributed by atoms with E-state index in [1.807, 2.05) is 60.8 Å². The van der Waals surface area contributed by atoms with Crippen molar-refractivity contribution in [2.24, 2.45) is 0 Å². The van der Waals surface area contributed by atoms with E-state index in [4.69, 9.17) is 4.74 Å². The smallest absolute Gasteiger partial charge is 0.326 e. The average Bonchev–Trinajstić information content (AvgIpc) is 3.21. The summed E-state index contributed by atoms with van der Waals surface area (Å²) in [5.41, 5.74) is 4.55. The molecule has 0 atom stereocenters. The number of ether oxygens (including phenoxy) is 1. The molecule has 1 aliphatic rings. The quantitative estimate of drug-likeness (QED) is 0.727. The summed E-state index contributed by atoms with van der Waals surface area (Å²) in [6.45, 7) is 0.632. The zero-order valence-electron chi connectivity index (χ0n) is 15.0. The lowest BCUT2D eigenvalue weighted by molar-refractivity contribution is 0.258. The van der Waals surface area contributed by atoms with E-state index in [0.29, 0.717) is 6.61 Å². The van der Waals surface area contributed by atoms with Gasteiger partial charge in [-0.3, -0.25) is 4.90 Å². The summed E-state index contributed by atoms with van der Waals surface area (Å²) in [7, 11) is 1.75. The number of carbonyl (C=O) groups excluding carboxylic acids is 1. The van der Waals surface area contributed by atoms with Gasteiger partial charge in [0.25, 0.3) is 0 Å². The van der Waals surface area contributed by atoms with Gasteiger partial charge in [-0.05, 0) is 42.0 Å². The summed E-state index contributed by atoms with van der Waals surface area (Å²) < 4.78 is 5.78. The molecule has 3 aromatic rings. The lowest BCUT2D eigenvalue weighted by Crippen LogP contribution is -2.31. The number of nitrogens with zero attached hydrogens (tertiary/aromatic N) is 2. The molecular weight excluding hydrogens is 340 g/mol. The molecule has 1 aliphatic heterocycles. The van der Waals surface area contributed by atoms with Crippen molar-refractivity contribution in [3.8, 4) is 5.75 Å². The van der Waals surface area contributed by atoms with Gasteiger partial charge in [0, 0.05) is 36.6 Å². The molecular formula is C21H20N4O2. The summed E-state index contributed by atoms with van der Waals surface area (Å²) in [5.74, 6) is 0.823. The zero-order chi connectivity index (χ0) is 18.6. The lowest BCUT2D eigenvalue weighted by Gasteiger charge is -2.24. The van der Waals surface area contributed by atoms with Crippen molar-refractivity contribution in [1.82, 2.24) is 9.97 Å². The van der Waals surface area contributed by atoms with E-state index < -0.39 is 0 Å². The number of nitrogens with one attached hydrogen (secondary N) is 2. The Labute approximate surface area is 157 Å². The molecule has 2 N–H and O–H groups in total. The Morgan fingerprint density at radius 3 is 2.89 bits per heavy atom. The summed E-state index contributed by atoms with van der Waals surface area (Å²) in [5, 5.41) is 2.89. The van der Waals surface area contributed by atoms with Crippen LogP contribution in [0.15, 0.2) is 61.1 Å². The number of benzene rings is 2. The molecule has 0 aliphatic carbocycles. The number of anilines is 2. The number of fused-ring (bicyclic) bond motifs is 1. The fourth-order valence-corrected chi connectivity index (χ4v) is 3.03. The Kier molecular flexibility index (Phi) is 4.61. The van der Waals surface area contributed by atoms with Gasteiger partial charge in [0.05, 0.1) is 18.6 Å². The van der Waals surface area contributed by atoms with Crippen molar-refractivity contribution in [3.63, 3.8) is 0 Å². The maximum absolute atomic E-state index is 12.6. The molecule has 0 radical (unpaired) electrons. The van der Waals surface area contributed by atoms with E-state index in [0.717, 1.165) is 40.4 Å². The molecule has 1 aromatic heterocycles. The van der Waals surface area contributed by atoms with E-state index >= 15 is 0 Å². The minimum absolute atomic E-state index is 0.198. The van der Waals surface area contributed by atoms with Crippen molar-refractivity contribution in [3.05, 3.63) is 72.3 Å². The first-order valence-electron chi connectivity index (χ1n) is 8.77. The summed E-state index contributed by atoms with van der Waals surface area (Å²) in [4.78, 5) is 21.4. The van der Waals surface area contributed by atoms with E-state index in [-0.39, 0.29) is 6.03 Å². The Balaban J connectivity index is 1.60. The number of para-hydroxylation sites is 1. The van der Waals surface area contributed by atoms with Crippen LogP contribution in [0, 0.1) is 0 Å². The number of hydrogen-bond donors (Lipinski definition) is 2. The van der Waals surface area contributed by atoms with Gasteiger partial charge in [-0.15, -0.1) is 0 Å². The third-order valence-electron chi connectivity index (χ3n) is 4.50. The third kappa shape index (κ3) is 3.69. The standard InChI is InChI=1S/C21H20N4O2/c1-25(21(26)24-16-5-3-2-4-6-16)18-7-8-20-19(12-18)15(9-10-27-20)11-17-13-22-14-23-17/h2-8,11-14H,9-10H2,1H3,(H,22,23)(H,24,26)/b15-11+. The molecule has 6 heteroatoms. The molecule has 6 nitrogen and oxygen atoms in total. The number of imidazole rings is 1. The summed E-state index contributed by atoms with van der Waals surface area (Å²) in [6.07, 6.45) is 6.35. The molecule has 0 saturated heterocycles. The second-order valence-electron chi connectivity index (χ2n) is 6.30. The minimum atomic E-state index is -0.198. The van der Waals surface area contributed by atoms with Crippen LogP contribution in [0.25, 0.3) is 11.6 Å². The summed E-state index contributed by atoms with van der Waals surface area (Å²) in [6, 6.07) is 15.0. The van der Waals surface area contributed by atoms with Crippen LogP contribution < -0.4 is 15.0 Å². The van der Waals surface area contributed by atoms with Gasteiger partial charge >= 0.3 is 6.03 Å². The lowest BCUT2D eigenvalue weighted by atomic mass is 9.98. The second-order valence-corrected chi connectivity index (χ2v) is 6.30. The van der Waals surface area contributed by atoms with Gasteiger partial charge in [-0.1, -0.05) is 18.2 Å². The van der Waals surface area contributed by atoms with E-state index in [9.17, 15) is 4.79 Å². The molecule has 27 heavy (non-hydrogen) atoms. The largest absolute Gasteiger partial charge is 0.493 e. The van der Waals surface area contributed by atoms with Crippen LogP contribution in [0.1, 0.15) is 17.7 Å². The second kappa shape index (κ2) is 7.37. The molecule has 0 spiro atoms. The van der Waals surface area contributed by atoms with E-state index in [2.05, 4.69) is 15.3 Å². The van der Waals surface area contributed by atoms with Gasteiger partial charge in [-0.25, -0.2) is 9.78 Å². The van der Waals surface area contributed by atoms with Crippen LogP contribution in [0.2, 0.25) is 0 Å². The molecule has 4 rings (SSSR count). The van der Waals surface area contributed by atoms with Gasteiger partial charge in [0.1, 0.15) is 5.75 Å². The van der Waals surface area contributed by atoms with Crippen LogP contribution in [0.4, 0.5) is 16.2 Å². The maximum Gasteiger partial charge on any atom is 0.326 e.